The molecule has 8 nitrogen and oxygen atoms in total. The lowest BCUT2D eigenvalue weighted by molar-refractivity contribution is -0.207. The Morgan fingerprint density at radius 1 is 1.16 bits per heavy atom. The zero-order chi connectivity index (χ0) is 22.6. The van der Waals surface area contributed by atoms with Gasteiger partial charge in [0, 0.05) is 17.8 Å². The molecule has 0 spiro atoms. The van der Waals surface area contributed by atoms with Crippen LogP contribution < -0.4 is 0 Å². The number of aliphatic hydroxyl groups excluding tert-OH is 2. The van der Waals surface area contributed by atoms with E-state index in [9.17, 15) is 10.2 Å². The molecule has 5 atom stereocenters. The maximum atomic E-state index is 11.4. The Hall–Kier alpha value is -1.78. The minimum Gasteiger partial charge on any atom is -0.396 e. The van der Waals surface area contributed by atoms with Crippen LogP contribution in [0, 0.1) is 0 Å². The summed E-state index contributed by atoms with van der Waals surface area (Å²) in [6.45, 7) is 3.60. The highest BCUT2D eigenvalue weighted by atomic mass is 35.5. The number of fused-ring (bicyclic) bond motifs is 2. The van der Waals surface area contributed by atoms with Crippen LogP contribution in [0.1, 0.15) is 37.3 Å². The molecule has 0 radical (unpaired) electrons. The average molecular weight is 480 g/mol. The number of aromatic nitrogens is 3. The van der Waals surface area contributed by atoms with E-state index in [1.54, 1.807) is 18.2 Å². The molecule has 2 aromatic heterocycles. The Balaban J connectivity index is 1.54. The standard InChI is InChI=1S/C22H23Cl2N3O5/c1-22(2)31-17-16(15(29)13-4-3-12(23)9-11(13)6-8-28)30-21(18(17)32-22)27-7-5-14-19(24)25-10-26-20(14)27/h3-5,7,9-10,15-18,21,28-29H,6,8H2,1-2H3/t15-,16-,17-,18-,21-/m1/s1. The molecular weight excluding hydrogens is 457 g/mol. The lowest BCUT2D eigenvalue weighted by Gasteiger charge is -2.28. The molecule has 2 fully saturated rings. The molecule has 3 aromatic rings. The van der Waals surface area contributed by atoms with Crippen molar-refractivity contribution in [3.05, 3.63) is 58.1 Å². The Morgan fingerprint density at radius 3 is 2.72 bits per heavy atom. The van der Waals surface area contributed by atoms with E-state index in [0.29, 0.717) is 33.2 Å². The summed E-state index contributed by atoms with van der Waals surface area (Å²) < 4.78 is 20.5. The fraction of sp³-hybridized carbons (Fsp3) is 0.455. The van der Waals surface area contributed by atoms with Crippen molar-refractivity contribution < 1.29 is 24.4 Å². The van der Waals surface area contributed by atoms with Crippen LogP contribution in [-0.4, -0.2) is 55.5 Å². The van der Waals surface area contributed by atoms with Crippen LogP contribution in [0.4, 0.5) is 0 Å². The maximum Gasteiger partial charge on any atom is 0.164 e. The first-order chi connectivity index (χ1) is 15.3. The fourth-order valence-corrected chi connectivity index (χ4v) is 4.99. The molecule has 0 saturated carbocycles. The van der Waals surface area contributed by atoms with Crippen molar-refractivity contribution in [3.8, 4) is 0 Å². The van der Waals surface area contributed by atoms with Crippen LogP contribution >= 0.6 is 23.2 Å². The van der Waals surface area contributed by atoms with Crippen molar-refractivity contribution in [2.75, 3.05) is 6.61 Å². The molecule has 1 aromatic carbocycles. The summed E-state index contributed by atoms with van der Waals surface area (Å²) in [5, 5.41) is 22.4. The van der Waals surface area contributed by atoms with Crippen LogP contribution in [0.15, 0.2) is 36.8 Å². The first-order valence-electron chi connectivity index (χ1n) is 10.3. The van der Waals surface area contributed by atoms with E-state index in [1.165, 1.54) is 6.33 Å². The Kier molecular flexibility index (Phi) is 5.66. The van der Waals surface area contributed by atoms with Crippen LogP contribution in [0.25, 0.3) is 11.0 Å². The topological polar surface area (TPSA) is 98.9 Å². The van der Waals surface area contributed by atoms with Gasteiger partial charge in [0.25, 0.3) is 0 Å². The summed E-state index contributed by atoms with van der Waals surface area (Å²) >= 11 is 12.4. The van der Waals surface area contributed by atoms with Gasteiger partial charge in [-0.15, -0.1) is 0 Å². The van der Waals surface area contributed by atoms with Gasteiger partial charge in [-0.3, -0.25) is 0 Å². The molecule has 2 saturated heterocycles. The third kappa shape index (κ3) is 3.70. The summed E-state index contributed by atoms with van der Waals surface area (Å²) in [5.74, 6) is -0.848. The molecule has 5 rings (SSSR count). The minimum atomic E-state index is -1.02. The smallest absolute Gasteiger partial charge is 0.164 e. The zero-order valence-electron chi connectivity index (χ0n) is 17.5. The van der Waals surface area contributed by atoms with E-state index in [0.717, 1.165) is 5.56 Å². The quantitative estimate of drug-likeness (QED) is 0.540. The summed E-state index contributed by atoms with van der Waals surface area (Å²) in [7, 11) is 0. The lowest BCUT2D eigenvalue weighted by atomic mass is 9.94. The third-order valence-electron chi connectivity index (χ3n) is 5.92. The molecule has 0 amide bonds. The summed E-state index contributed by atoms with van der Waals surface area (Å²) in [4.78, 5) is 8.39. The van der Waals surface area contributed by atoms with E-state index in [1.807, 2.05) is 30.7 Å². The Labute approximate surface area is 194 Å². The van der Waals surface area contributed by atoms with Crippen molar-refractivity contribution in [3.63, 3.8) is 0 Å². The molecule has 0 unspecified atom stereocenters. The van der Waals surface area contributed by atoms with Gasteiger partial charge in [0.2, 0.25) is 0 Å². The van der Waals surface area contributed by atoms with E-state index in [-0.39, 0.29) is 6.61 Å². The molecule has 0 bridgehead atoms. The normalized spacial score (nSPS) is 27.7. The minimum absolute atomic E-state index is 0.0667. The second-order valence-corrected chi connectivity index (χ2v) is 9.24. The Bertz CT molecular complexity index is 1150. The first kappa shape index (κ1) is 22.0. The van der Waals surface area contributed by atoms with E-state index in [2.05, 4.69) is 9.97 Å². The van der Waals surface area contributed by atoms with Crippen LogP contribution in [0.3, 0.4) is 0 Å². The monoisotopic (exact) mass is 479 g/mol. The number of halogens is 2. The van der Waals surface area contributed by atoms with Crippen LogP contribution in [0.2, 0.25) is 10.2 Å². The van der Waals surface area contributed by atoms with Gasteiger partial charge in [-0.2, -0.15) is 0 Å². The van der Waals surface area contributed by atoms with Gasteiger partial charge in [-0.1, -0.05) is 29.3 Å². The summed E-state index contributed by atoms with van der Waals surface area (Å²) in [5.41, 5.74) is 1.98. The highest BCUT2D eigenvalue weighted by Crippen LogP contribution is 2.47. The molecule has 170 valence electrons. The summed E-state index contributed by atoms with van der Waals surface area (Å²) in [6.07, 6.45) is 0.209. The van der Waals surface area contributed by atoms with Crippen LogP contribution in [-0.2, 0) is 20.6 Å². The first-order valence-corrected chi connectivity index (χ1v) is 11.1. The van der Waals surface area contributed by atoms with Crippen molar-refractivity contribution in [2.45, 2.75) is 56.7 Å². The number of aliphatic hydroxyl groups is 2. The number of benzene rings is 1. The molecule has 2 aliphatic heterocycles. The second-order valence-electron chi connectivity index (χ2n) is 8.44. The highest BCUT2D eigenvalue weighted by molar-refractivity contribution is 6.33. The van der Waals surface area contributed by atoms with E-state index < -0.39 is 36.4 Å². The predicted octanol–water partition coefficient (Wildman–Crippen LogP) is 3.42. The van der Waals surface area contributed by atoms with Crippen molar-refractivity contribution in [2.24, 2.45) is 0 Å². The molecular formula is C22H23Cl2N3O5. The second kappa shape index (κ2) is 8.22. The van der Waals surface area contributed by atoms with Crippen molar-refractivity contribution in [1.29, 1.82) is 0 Å². The number of rotatable bonds is 5. The summed E-state index contributed by atoms with van der Waals surface area (Å²) in [6, 6.07) is 7.02. The highest BCUT2D eigenvalue weighted by Gasteiger charge is 2.58. The molecule has 2 N–H and O–H groups in total. The SMILES string of the molecule is CC1(C)O[C@H]2[C@@H](O1)[C@H](n1ccc3c(Cl)ncnc31)O[C@@H]2[C@H](O)c1ccc(Cl)cc1CCO. The van der Waals surface area contributed by atoms with Gasteiger partial charge in [-0.25, -0.2) is 9.97 Å². The zero-order valence-corrected chi connectivity index (χ0v) is 19.0. The van der Waals surface area contributed by atoms with Crippen molar-refractivity contribution >= 4 is 34.2 Å². The van der Waals surface area contributed by atoms with Gasteiger partial charge in [0.15, 0.2) is 12.0 Å². The number of ether oxygens (including phenoxy) is 3. The molecule has 0 aliphatic carbocycles. The lowest BCUT2D eigenvalue weighted by Crippen LogP contribution is -2.34. The Morgan fingerprint density at radius 2 is 1.94 bits per heavy atom. The predicted molar refractivity (Wildman–Crippen MR) is 117 cm³/mol. The maximum absolute atomic E-state index is 11.4. The van der Waals surface area contributed by atoms with Gasteiger partial charge < -0.3 is 29.0 Å². The van der Waals surface area contributed by atoms with Crippen molar-refractivity contribution in [1.82, 2.24) is 14.5 Å². The third-order valence-corrected chi connectivity index (χ3v) is 6.45. The molecule has 10 heteroatoms. The molecule has 2 aliphatic rings. The van der Waals surface area contributed by atoms with Crippen LogP contribution in [0.5, 0.6) is 0 Å². The van der Waals surface area contributed by atoms with Gasteiger partial charge >= 0.3 is 0 Å². The molecule has 4 heterocycles. The number of hydrogen-bond donors (Lipinski definition) is 2. The van der Waals surface area contributed by atoms with Gasteiger partial charge in [0.05, 0.1) is 5.39 Å². The van der Waals surface area contributed by atoms with Gasteiger partial charge in [-0.05, 0) is 49.6 Å². The largest absolute Gasteiger partial charge is 0.396 e. The number of nitrogens with zero attached hydrogens (tertiary/aromatic N) is 3. The average Bonchev–Trinajstić information content (AvgIpc) is 3.39. The van der Waals surface area contributed by atoms with Gasteiger partial charge in [0.1, 0.15) is 41.5 Å². The number of hydrogen-bond acceptors (Lipinski definition) is 7. The van der Waals surface area contributed by atoms with E-state index >= 15 is 0 Å². The fourth-order valence-electron chi connectivity index (χ4n) is 4.61. The molecule has 32 heavy (non-hydrogen) atoms. The van der Waals surface area contributed by atoms with E-state index in [4.69, 9.17) is 37.4 Å².